The lowest BCUT2D eigenvalue weighted by Gasteiger charge is -2.35. The first-order valence-electron chi connectivity index (χ1n) is 8.48. The zero-order valence-corrected chi connectivity index (χ0v) is 16.5. The molecule has 140 valence electrons. The summed E-state index contributed by atoms with van der Waals surface area (Å²) >= 11 is 0. The molecule has 1 aromatic rings. The lowest BCUT2D eigenvalue weighted by atomic mass is 9.87. The van der Waals surface area contributed by atoms with Crippen LogP contribution in [-0.4, -0.2) is 59.5 Å². The highest BCUT2D eigenvalue weighted by Gasteiger charge is 2.36. The summed E-state index contributed by atoms with van der Waals surface area (Å²) in [4.78, 5) is 17.0. The number of guanidine groups is 1. The van der Waals surface area contributed by atoms with E-state index in [1.165, 1.54) is 0 Å². The van der Waals surface area contributed by atoms with Crippen LogP contribution < -0.4 is 10.6 Å². The van der Waals surface area contributed by atoms with Crippen molar-refractivity contribution in [1.82, 2.24) is 14.9 Å². The Morgan fingerprint density at radius 1 is 1.24 bits per heavy atom. The van der Waals surface area contributed by atoms with E-state index < -0.39 is 5.92 Å². The summed E-state index contributed by atoms with van der Waals surface area (Å²) in [6.45, 7) is 3.38. The third-order valence-corrected chi connectivity index (χ3v) is 4.69. The van der Waals surface area contributed by atoms with Crippen LogP contribution in [0.15, 0.2) is 23.5 Å². The summed E-state index contributed by atoms with van der Waals surface area (Å²) in [6, 6.07) is 1.79. The molecule has 1 atom stereocenters. The molecule has 2 aliphatic rings. The maximum Gasteiger partial charge on any atom is 0.248 e. The standard InChI is InChI=1S/C16H24F2N6.HI/c17-16(18)4-1-3-13(11-16)12-22-14(19)23-7-9-24(10-8-23)15-20-5-2-6-21-15;/h2,5-6,13H,1,3-4,7-12H2,(H2,19,22);1H. The molecule has 9 heteroatoms. The van der Waals surface area contributed by atoms with Crippen molar-refractivity contribution < 1.29 is 8.78 Å². The molecule has 1 unspecified atom stereocenters. The van der Waals surface area contributed by atoms with Crippen molar-refractivity contribution in [1.29, 1.82) is 0 Å². The van der Waals surface area contributed by atoms with E-state index in [4.69, 9.17) is 5.73 Å². The number of aliphatic imine (C=N–C) groups is 1. The summed E-state index contributed by atoms with van der Waals surface area (Å²) in [5, 5.41) is 0. The number of nitrogens with two attached hydrogens (primary N) is 1. The first-order chi connectivity index (χ1) is 11.5. The van der Waals surface area contributed by atoms with Gasteiger partial charge in [-0.1, -0.05) is 0 Å². The largest absolute Gasteiger partial charge is 0.370 e. The first-order valence-corrected chi connectivity index (χ1v) is 8.48. The highest BCUT2D eigenvalue weighted by molar-refractivity contribution is 14.0. The van der Waals surface area contributed by atoms with Gasteiger partial charge in [0.05, 0.1) is 0 Å². The normalized spacial score (nSPS) is 23.9. The second-order valence-electron chi connectivity index (χ2n) is 6.54. The maximum atomic E-state index is 13.4. The van der Waals surface area contributed by atoms with Crippen molar-refractivity contribution in [2.75, 3.05) is 37.6 Å². The summed E-state index contributed by atoms with van der Waals surface area (Å²) in [5.74, 6) is -1.42. The number of aromatic nitrogens is 2. The number of halogens is 3. The van der Waals surface area contributed by atoms with Gasteiger partial charge < -0.3 is 15.5 Å². The van der Waals surface area contributed by atoms with Crippen molar-refractivity contribution in [3.05, 3.63) is 18.5 Å². The molecule has 2 N–H and O–H groups in total. The highest BCUT2D eigenvalue weighted by Crippen LogP contribution is 2.36. The van der Waals surface area contributed by atoms with Crippen molar-refractivity contribution >= 4 is 35.9 Å². The predicted molar refractivity (Wildman–Crippen MR) is 105 cm³/mol. The van der Waals surface area contributed by atoms with Crippen molar-refractivity contribution in [2.24, 2.45) is 16.6 Å². The zero-order valence-electron chi connectivity index (χ0n) is 14.2. The zero-order chi connectivity index (χ0) is 17.0. The molecule has 0 bridgehead atoms. The number of nitrogens with zero attached hydrogens (tertiary/aromatic N) is 5. The molecule has 0 spiro atoms. The van der Waals surface area contributed by atoms with Crippen LogP contribution in [0.1, 0.15) is 25.7 Å². The van der Waals surface area contributed by atoms with Crippen LogP contribution in [-0.2, 0) is 0 Å². The topological polar surface area (TPSA) is 70.6 Å². The molecule has 1 saturated carbocycles. The Hall–Kier alpha value is -1.26. The van der Waals surface area contributed by atoms with E-state index in [2.05, 4.69) is 19.9 Å². The summed E-state index contributed by atoms with van der Waals surface area (Å²) < 4.78 is 26.9. The van der Waals surface area contributed by atoms with Gasteiger partial charge in [-0.05, 0) is 24.8 Å². The third kappa shape index (κ3) is 5.61. The molecule has 25 heavy (non-hydrogen) atoms. The number of alkyl halides is 2. The minimum atomic E-state index is -2.53. The molecule has 2 heterocycles. The van der Waals surface area contributed by atoms with Gasteiger partial charge in [0.2, 0.25) is 11.9 Å². The fourth-order valence-electron chi connectivity index (χ4n) is 3.34. The van der Waals surface area contributed by atoms with E-state index in [0.717, 1.165) is 38.5 Å². The van der Waals surface area contributed by atoms with Crippen LogP contribution in [0, 0.1) is 5.92 Å². The maximum absolute atomic E-state index is 13.4. The van der Waals surface area contributed by atoms with E-state index in [1.54, 1.807) is 18.5 Å². The van der Waals surface area contributed by atoms with Gasteiger partial charge in [-0.25, -0.2) is 18.7 Å². The number of piperazine rings is 1. The molecule has 6 nitrogen and oxygen atoms in total. The minimum Gasteiger partial charge on any atom is -0.370 e. The molecule has 1 aromatic heterocycles. The van der Waals surface area contributed by atoms with E-state index in [0.29, 0.717) is 18.9 Å². The molecule has 2 fully saturated rings. The van der Waals surface area contributed by atoms with Gasteiger partial charge >= 0.3 is 0 Å². The quantitative estimate of drug-likeness (QED) is 0.421. The molecule has 1 saturated heterocycles. The van der Waals surface area contributed by atoms with Crippen LogP contribution in [0.3, 0.4) is 0 Å². The molecular formula is C16H25F2IN6. The van der Waals surface area contributed by atoms with Crippen LogP contribution in [0.25, 0.3) is 0 Å². The Kier molecular flexibility index (Phi) is 7.14. The average molecular weight is 466 g/mol. The van der Waals surface area contributed by atoms with Gasteiger partial charge in [0.1, 0.15) is 0 Å². The van der Waals surface area contributed by atoms with Crippen molar-refractivity contribution in [2.45, 2.75) is 31.6 Å². The minimum absolute atomic E-state index is 0. The number of anilines is 1. The smallest absolute Gasteiger partial charge is 0.248 e. The van der Waals surface area contributed by atoms with Gasteiger partial charge in [-0.3, -0.25) is 4.99 Å². The first kappa shape index (κ1) is 20.1. The van der Waals surface area contributed by atoms with Crippen LogP contribution in [0.2, 0.25) is 0 Å². The van der Waals surface area contributed by atoms with Crippen LogP contribution >= 0.6 is 24.0 Å². The average Bonchev–Trinajstić information content (AvgIpc) is 2.60. The highest BCUT2D eigenvalue weighted by atomic mass is 127. The summed E-state index contributed by atoms with van der Waals surface area (Å²) in [7, 11) is 0. The van der Waals surface area contributed by atoms with E-state index in [9.17, 15) is 8.78 Å². The van der Waals surface area contributed by atoms with Gasteiger partial charge in [0, 0.05) is 58.0 Å². The fraction of sp³-hybridized carbons (Fsp3) is 0.688. The van der Waals surface area contributed by atoms with Crippen molar-refractivity contribution in [3.8, 4) is 0 Å². The van der Waals surface area contributed by atoms with E-state index in [-0.39, 0.29) is 42.7 Å². The Bertz CT molecular complexity index is 563. The van der Waals surface area contributed by atoms with Crippen LogP contribution in [0.5, 0.6) is 0 Å². The molecule has 0 aromatic carbocycles. The molecule has 1 aliphatic carbocycles. The van der Waals surface area contributed by atoms with Crippen molar-refractivity contribution in [3.63, 3.8) is 0 Å². The molecular weight excluding hydrogens is 441 g/mol. The molecule has 3 rings (SSSR count). The van der Waals surface area contributed by atoms with Crippen LogP contribution in [0.4, 0.5) is 14.7 Å². The Morgan fingerprint density at radius 2 is 1.92 bits per heavy atom. The second-order valence-corrected chi connectivity index (χ2v) is 6.54. The summed E-state index contributed by atoms with van der Waals surface area (Å²) in [5.41, 5.74) is 6.06. The fourth-order valence-corrected chi connectivity index (χ4v) is 3.34. The summed E-state index contributed by atoms with van der Waals surface area (Å²) in [6.07, 6.45) is 4.78. The predicted octanol–water partition coefficient (Wildman–Crippen LogP) is 2.36. The van der Waals surface area contributed by atoms with Gasteiger partial charge in [-0.2, -0.15) is 0 Å². The third-order valence-electron chi connectivity index (χ3n) is 4.69. The molecule has 0 amide bonds. The second kappa shape index (κ2) is 8.91. The Morgan fingerprint density at radius 3 is 2.56 bits per heavy atom. The number of rotatable bonds is 3. The lowest BCUT2D eigenvalue weighted by molar-refractivity contribution is -0.0508. The molecule has 0 radical (unpaired) electrons. The Labute approximate surface area is 163 Å². The number of hydrogen-bond acceptors (Lipinski definition) is 4. The number of hydrogen-bond donors (Lipinski definition) is 1. The SMILES string of the molecule is I.NC(=NCC1CCCC(F)(F)C1)N1CCN(c2ncccn2)CC1. The van der Waals surface area contributed by atoms with Gasteiger partial charge in [-0.15, -0.1) is 24.0 Å². The monoisotopic (exact) mass is 466 g/mol. The Balaban J connectivity index is 0.00000225. The van der Waals surface area contributed by atoms with E-state index in [1.807, 2.05) is 4.90 Å². The van der Waals surface area contributed by atoms with Gasteiger partial charge in [0.25, 0.3) is 0 Å². The lowest BCUT2D eigenvalue weighted by Crippen LogP contribution is -2.51. The van der Waals surface area contributed by atoms with E-state index >= 15 is 0 Å². The molecule has 1 aliphatic heterocycles. The van der Waals surface area contributed by atoms with Gasteiger partial charge in [0.15, 0.2) is 5.96 Å².